The van der Waals surface area contributed by atoms with Crippen LogP contribution >= 0.6 is 0 Å². The average molecular weight is 214 g/mol. The van der Waals surface area contributed by atoms with Crippen molar-refractivity contribution in [1.29, 1.82) is 0 Å². The molecule has 86 valence electrons. The normalized spacial score (nSPS) is 29.9. The summed E-state index contributed by atoms with van der Waals surface area (Å²) in [5, 5.41) is 0. The Morgan fingerprint density at radius 1 is 1.33 bits per heavy atom. The van der Waals surface area contributed by atoms with Gasteiger partial charge in [0.05, 0.1) is 0 Å². The van der Waals surface area contributed by atoms with Gasteiger partial charge in [-0.1, -0.05) is 6.92 Å². The van der Waals surface area contributed by atoms with Gasteiger partial charge in [-0.15, -0.1) is 0 Å². The first-order valence-corrected chi connectivity index (χ1v) is 5.37. The molecule has 0 spiro atoms. The number of esters is 2. The van der Waals surface area contributed by atoms with Crippen molar-refractivity contribution in [2.24, 2.45) is 0 Å². The maximum Gasteiger partial charge on any atom is 0.303 e. The summed E-state index contributed by atoms with van der Waals surface area (Å²) in [4.78, 5) is 22.0. The maximum atomic E-state index is 11.0. The molecule has 15 heavy (non-hydrogen) atoms. The molecule has 2 atom stereocenters. The molecule has 0 bridgehead atoms. The van der Waals surface area contributed by atoms with E-state index < -0.39 is 5.60 Å². The quantitative estimate of drug-likeness (QED) is 0.672. The first-order chi connectivity index (χ1) is 7.00. The second-order valence-corrected chi connectivity index (χ2v) is 4.00. The molecule has 1 aliphatic rings. The van der Waals surface area contributed by atoms with Crippen molar-refractivity contribution in [3.8, 4) is 0 Å². The highest BCUT2D eigenvalue weighted by Crippen LogP contribution is 2.38. The van der Waals surface area contributed by atoms with Crippen molar-refractivity contribution < 1.29 is 19.1 Å². The fourth-order valence-corrected chi connectivity index (χ4v) is 2.26. The molecule has 4 nitrogen and oxygen atoms in total. The number of hydrogen-bond donors (Lipinski definition) is 0. The molecule has 1 fully saturated rings. The van der Waals surface area contributed by atoms with Crippen LogP contribution in [-0.4, -0.2) is 23.6 Å². The van der Waals surface area contributed by atoms with Crippen molar-refractivity contribution >= 4 is 11.9 Å². The van der Waals surface area contributed by atoms with Crippen molar-refractivity contribution in [3.05, 3.63) is 0 Å². The van der Waals surface area contributed by atoms with Crippen molar-refractivity contribution in [1.82, 2.24) is 0 Å². The van der Waals surface area contributed by atoms with E-state index in [9.17, 15) is 9.59 Å². The molecule has 0 saturated heterocycles. The zero-order valence-electron chi connectivity index (χ0n) is 9.54. The number of carbonyl (C=O) groups excluding carboxylic acids is 2. The van der Waals surface area contributed by atoms with Gasteiger partial charge in [-0.05, 0) is 25.7 Å². The van der Waals surface area contributed by atoms with E-state index in [1.807, 2.05) is 6.92 Å². The Hall–Kier alpha value is -1.06. The van der Waals surface area contributed by atoms with Crippen LogP contribution in [0.4, 0.5) is 0 Å². The molecular weight excluding hydrogens is 196 g/mol. The highest BCUT2D eigenvalue weighted by atomic mass is 16.6. The van der Waals surface area contributed by atoms with Crippen LogP contribution in [0.3, 0.4) is 0 Å². The summed E-state index contributed by atoms with van der Waals surface area (Å²) >= 11 is 0. The lowest BCUT2D eigenvalue weighted by molar-refractivity contribution is -0.179. The van der Waals surface area contributed by atoms with E-state index in [1.165, 1.54) is 13.8 Å². The van der Waals surface area contributed by atoms with Crippen LogP contribution < -0.4 is 0 Å². The molecule has 1 aliphatic carbocycles. The monoisotopic (exact) mass is 214 g/mol. The van der Waals surface area contributed by atoms with Crippen LogP contribution in [0.1, 0.15) is 46.5 Å². The second-order valence-electron chi connectivity index (χ2n) is 4.00. The van der Waals surface area contributed by atoms with Crippen LogP contribution in [-0.2, 0) is 19.1 Å². The van der Waals surface area contributed by atoms with Crippen LogP contribution in [0.25, 0.3) is 0 Å². The molecule has 1 saturated carbocycles. The van der Waals surface area contributed by atoms with Crippen LogP contribution in [0, 0.1) is 0 Å². The Morgan fingerprint density at radius 2 is 2.00 bits per heavy atom. The van der Waals surface area contributed by atoms with Crippen molar-refractivity contribution in [2.45, 2.75) is 58.2 Å². The Bertz CT molecular complexity index is 261. The maximum absolute atomic E-state index is 11.0. The molecule has 0 aromatic heterocycles. The summed E-state index contributed by atoms with van der Waals surface area (Å²) in [6, 6.07) is 0. The number of ether oxygens (including phenoxy) is 2. The highest BCUT2D eigenvalue weighted by Gasteiger charge is 2.46. The zero-order valence-corrected chi connectivity index (χ0v) is 9.54. The van der Waals surface area contributed by atoms with Gasteiger partial charge in [-0.2, -0.15) is 0 Å². The third-order valence-corrected chi connectivity index (χ3v) is 2.91. The van der Waals surface area contributed by atoms with E-state index in [4.69, 9.17) is 9.47 Å². The van der Waals surface area contributed by atoms with Gasteiger partial charge in [-0.25, -0.2) is 0 Å². The van der Waals surface area contributed by atoms with Gasteiger partial charge >= 0.3 is 11.9 Å². The molecule has 0 aromatic rings. The predicted molar refractivity (Wildman–Crippen MR) is 54.2 cm³/mol. The van der Waals surface area contributed by atoms with Crippen LogP contribution in [0.15, 0.2) is 0 Å². The number of carbonyl (C=O) groups is 2. The summed E-state index contributed by atoms with van der Waals surface area (Å²) in [6.45, 7) is 4.72. The third kappa shape index (κ3) is 2.70. The molecular formula is C11H18O4. The minimum absolute atomic E-state index is 0.274. The first kappa shape index (κ1) is 12.0. The molecule has 0 aliphatic heterocycles. The van der Waals surface area contributed by atoms with E-state index in [1.54, 1.807) is 0 Å². The summed E-state index contributed by atoms with van der Waals surface area (Å²) < 4.78 is 10.5. The minimum atomic E-state index is -0.586. The van der Waals surface area contributed by atoms with E-state index in [2.05, 4.69) is 0 Å². The Labute approximate surface area is 89.9 Å². The topological polar surface area (TPSA) is 52.6 Å². The third-order valence-electron chi connectivity index (χ3n) is 2.91. The summed E-state index contributed by atoms with van der Waals surface area (Å²) in [6.07, 6.45) is 2.90. The Morgan fingerprint density at radius 3 is 2.47 bits per heavy atom. The lowest BCUT2D eigenvalue weighted by Gasteiger charge is -2.33. The zero-order chi connectivity index (χ0) is 11.5. The van der Waals surface area contributed by atoms with E-state index in [0.717, 1.165) is 19.3 Å². The van der Waals surface area contributed by atoms with Gasteiger partial charge < -0.3 is 9.47 Å². The molecule has 0 N–H and O–H groups in total. The standard InChI is InChI=1S/C11H18O4/c1-4-11(15-9(3)13)7-5-6-10(11)14-8(2)12/h10H,4-7H2,1-3H3. The number of rotatable bonds is 3. The highest BCUT2D eigenvalue weighted by molar-refractivity contribution is 5.68. The Kier molecular flexibility index (Phi) is 3.72. The lowest BCUT2D eigenvalue weighted by atomic mass is 9.96. The summed E-state index contributed by atoms with van der Waals surface area (Å²) in [5.41, 5.74) is -0.586. The smallest absolute Gasteiger partial charge is 0.303 e. The van der Waals surface area contributed by atoms with Gasteiger partial charge in [0.2, 0.25) is 0 Å². The van der Waals surface area contributed by atoms with Gasteiger partial charge in [0.1, 0.15) is 11.7 Å². The minimum Gasteiger partial charge on any atom is -0.458 e. The van der Waals surface area contributed by atoms with E-state index in [-0.39, 0.29) is 18.0 Å². The molecule has 2 unspecified atom stereocenters. The van der Waals surface area contributed by atoms with Gasteiger partial charge in [-0.3, -0.25) is 9.59 Å². The molecule has 0 amide bonds. The SMILES string of the molecule is CCC1(OC(C)=O)CCCC1OC(C)=O. The van der Waals surface area contributed by atoms with E-state index in [0.29, 0.717) is 6.42 Å². The molecule has 1 rings (SSSR count). The average Bonchev–Trinajstić information content (AvgIpc) is 2.47. The van der Waals surface area contributed by atoms with Crippen molar-refractivity contribution in [3.63, 3.8) is 0 Å². The van der Waals surface area contributed by atoms with Crippen LogP contribution in [0.2, 0.25) is 0 Å². The summed E-state index contributed by atoms with van der Waals surface area (Å²) in [7, 11) is 0. The van der Waals surface area contributed by atoms with E-state index >= 15 is 0 Å². The first-order valence-electron chi connectivity index (χ1n) is 5.37. The predicted octanol–water partition coefficient (Wildman–Crippen LogP) is 1.81. The summed E-state index contributed by atoms with van der Waals surface area (Å²) in [5.74, 6) is -0.622. The molecule has 0 heterocycles. The molecule has 0 aromatic carbocycles. The van der Waals surface area contributed by atoms with Gasteiger partial charge in [0.25, 0.3) is 0 Å². The largest absolute Gasteiger partial charge is 0.458 e. The van der Waals surface area contributed by atoms with Gasteiger partial charge in [0, 0.05) is 13.8 Å². The number of hydrogen-bond acceptors (Lipinski definition) is 4. The molecule has 4 heteroatoms. The van der Waals surface area contributed by atoms with Gasteiger partial charge in [0.15, 0.2) is 0 Å². The second kappa shape index (κ2) is 4.64. The van der Waals surface area contributed by atoms with Crippen LogP contribution in [0.5, 0.6) is 0 Å². The fourth-order valence-electron chi connectivity index (χ4n) is 2.26. The fraction of sp³-hybridized carbons (Fsp3) is 0.818. The Balaban J connectivity index is 2.76. The van der Waals surface area contributed by atoms with Crippen molar-refractivity contribution in [2.75, 3.05) is 0 Å². The lowest BCUT2D eigenvalue weighted by Crippen LogP contribution is -2.43. The molecule has 0 radical (unpaired) electrons.